The number of anilines is 1. The highest BCUT2D eigenvalue weighted by atomic mass is 16.5. The number of hydrogen-bond acceptors (Lipinski definition) is 5. The van der Waals surface area contributed by atoms with Crippen molar-refractivity contribution in [3.8, 4) is 5.75 Å². The molecule has 0 saturated heterocycles. The van der Waals surface area contributed by atoms with Crippen LogP contribution in [-0.4, -0.2) is 37.6 Å². The number of hydrogen-bond donors (Lipinski definition) is 1. The molecule has 5 nitrogen and oxygen atoms in total. The first-order valence-electron chi connectivity index (χ1n) is 7.57. The summed E-state index contributed by atoms with van der Waals surface area (Å²) >= 11 is 0. The molecule has 0 radical (unpaired) electrons. The van der Waals surface area contributed by atoms with Gasteiger partial charge in [0.05, 0.1) is 13.2 Å². The van der Waals surface area contributed by atoms with E-state index in [2.05, 4.69) is 41.4 Å². The first kappa shape index (κ1) is 15.4. The minimum absolute atomic E-state index is 0.181. The molecule has 3 aromatic rings. The molecule has 1 N–H and O–H groups in total. The van der Waals surface area contributed by atoms with Gasteiger partial charge in [-0.15, -0.1) is 0 Å². The van der Waals surface area contributed by atoms with Crippen LogP contribution in [0.25, 0.3) is 11.1 Å². The van der Waals surface area contributed by atoms with Crippen LogP contribution in [0.1, 0.15) is 11.6 Å². The third-order valence-electron chi connectivity index (χ3n) is 3.84. The van der Waals surface area contributed by atoms with Crippen LogP contribution in [0.15, 0.2) is 52.9 Å². The number of fused-ring (bicyclic) bond motifs is 1. The first-order valence-corrected chi connectivity index (χ1v) is 7.57. The highest BCUT2D eigenvalue weighted by Crippen LogP contribution is 2.24. The Kier molecular flexibility index (Phi) is 4.48. The summed E-state index contributed by atoms with van der Waals surface area (Å²) in [5, 5.41) is 3.29. The van der Waals surface area contributed by atoms with E-state index in [0.717, 1.165) is 16.8 Å². The Morgan fingerprint density at radius 2 is 2.00 bits per heavy atom. The SMILES string of the molecule is COc1cccc([C@H](CNc2nc3ccccc3o2)N(C)C)c1. The largest absolute Gasteiger partial charge is 0.497 e. The van der Waals surface area contributed by atoms with Crippen molar-refractivity contribution in [1.29, 1.82) is 0 Å². The fourth-order valence-corrected chi connectivity index (χ4v) is 2.58. The predicted octanol–water partition coefficient (Wildman–Crippen LogP) is 3.55. The molecular weight excluding hydrogens is 290 g/mol. The summed E-state index contributed by atoms with van der Waals surface area (Å²) in [6.07, 6.45) is 0. The molecule has 0 unspecified atom stereocenters. The second kappa shape index (κ2) is 6.71. The quantitative estimate of drug-likeness (QED) is 0.754. The molecule has 0 fully saturated rings. The maximum absolute atomic E-state index is 5.71. The van der Waals surface area contributed by atoms with Gasteiger partial charge in [-0.25, -0.2) is 0 Å². The van der Waals surface area contributed by atoms with Gasteiger partial charge in [0.1, 0.15) is 11.3 Å². The van der Waals surface area contributed by atoms with Crippen molar-refractivity contribution >= 4 is 17.1 Å². The molecule has 0 bridgehead atoms. The lowest BCUT2D eigenvalue weighted by Gasteiger charge is -2.25. The normalized spacial score (nSPS) is 12.5. The molecule has 0 amide bonds. The van der Waals surface area contributed by atoms with Gasteiger partial charge in [-0.3, -0.25) is 0 Å². The number of nitrogens with one attached hydrogen (secondary N) is 1. The lowest BCUT2D eigenvalue weighted by atomic mass is 10.1. The molecule has 120 valence electrons. The standard InChI is InChI=1S/C18H21N3O2/c1-21(2)16(13-7-6-8-14(11-13)22-3)12-19-18-20-15-9-4-5-10-17(15)23-18/h4-11,16H,12H2,1-3H3,(H,19,20)/t16-/m0/s1. The summed E-state index contributed by atoms with van der Waals surface area (Å²) in [6, 6.07) is 16.6. The van der Waals surface area contributed by atoms with E-state index in [1.807, 2.05) is 36.4 Å². The lowest BCUT2D eigenvalue weighted by molar-refractivity contribution is 0.309. The van der Waals surface area contributed by atoms with Gasteiger partial charge < -0.3 is 19.4 Å². The topological polar surface area (TPSA) is 50.5 Å². The summed E-state index contributed by atoms with van der Waals surface area (Å²) in [6.45, 7) is 0.687. The molecule has 1 atom stereocenters. The van der Waals surface area contributed by atoms with Crippen LogP contribution in [-0.2, 0) is 0 Å². The maximum atomic E-state index is 5.71. The number of likely N-dealkylation sites (N-methyl/N-ethyl adjacent to an activating group) is 1. The van der Waals surface area contributed by atoms with Crippen molar-refractivity contribution in [2.45, 2.75) is 6.04 Å². The molecule has 23 heavy (non-hydrogen) atoms. The summed E-state index contributed by atoms with van der Waals surface area (Å²) in [5.41, 5.74) is 2.83. The Labute approximate surface area is 135 Å². The minimum Gasteiger partial charge on any atom is -0.497 e. The van der Waals surface area contributed by atoms with E-state index in [1.54, 1.807) is 7.11 Å². The fraction of sp³-hybridized carbons (Fsp3) is 0.278. The number of rotatable bonds is 6. The zero-order valence-electron chi connectivity index (χ0n) is 13.6. The molecule has 2 aromatic carbocycles. The Bertz CT molecular complexity index is 750. The third kappa shape index (κ3) is 3.46. The van der Waals surface area contributed by atoms with Crippen molar-refractivity contribution < 1.29 is 9.15 Å². The first-order chi connectivity index (χ1) is 11.2. The number of nitrogens with zero attached hydrogens (tertiary/aromatic N) is 2. The monoisotopic (exact) mass is 311 g/mol. The lowest BCUT2D eigenvalue weighted by Crippen LogP contribution is -2.26. The third-order valence-corrected chi connectivity index (χ3v) is 3.84. The average Bonchev–Trinajstić information content (AvgIpc) is 2.97. The van der Waals surface area contributed by atoms with Crippen LogP contribution in [0.5, 0.6) is 5.75 Å². The zero-order valence-corrected chi connectivity index (χ0v) is 13.6. The molecule has 0 aliphatic rings. The van der Waals surface area contributed by atoms with Crippen LogP contribution >= 0.6 is 0 Å². The summed E-state index contributed by atoms with van der Waals surface area (Å²) in [4.78, 5) is 6.61. The van der Waals surface area contributed by atoms with Gasteiger partial charge in [0.2, 0.25) is 0 Å². The molecule has 5 heteroatoms. The highest BCUT2D eigenvalue weighted by Gasteiger charge is 2.16. The van der Waals surface area contributed by atoms with E-state index in [9.17, 15) is 0 Å². The van der Waals surface area contributed by atoms with Crippen molar-refractivity contribution in [1.82, 2.24) is 9.88 Å². The second-order valence-corrected chi connectivity index (χ2v) is 5.62. The number of oxazole rings is 1. The van der Waals surface area contributed by atoms with Crippen molar-refractivity contribution in [3.05, 3.63) is 54.1 Å². The number of para-hydroxylation sites is 2. The van der Waals surface area contributed by atoms with E-state index in [0.29, 0.717) is 12.6 Å². The Morgan fingerprint density at radius 3 is 2.74 bits per heavy atom. The van der Waals surface area contributed by atoms with Crippen molar-refractivity contribution in [2.75, 3.05) is 33.1 Å². The molecule has 1 aromatic heterocycles. The van der Waals surface area contributed by atoms with Gasteiger partial charge in [-0.1, -0.05) is 24.3 Å². The van der Waals surface area contributed by atoms with Crippen LogP contribution in [0, 0.1) is 0 Å². The average molecular weight is 311 g/mol. The maximum Gasteiger partial charge on any atom is 0.295 e. The molecule has 0 aliphatic carbocycles. The van der Waals surface area contributed by atoms with Crippen LogP contribution in [0.2, 0.25) is 0 Å². The molecule has 0 saturated carbocycles. The zero-order chi connectivity index (χ0) is 16.2. The summed E-state index contributed by atoms with van der Waals surface area (Å²) < 4.78 is 11.0. The summed E-state index contributed by atoms with van der Waals surface area (Å²) in [7, 11) is 5.79. The van der Waals surface area contributed by atoms with Gasteiger partial charge in [-0.2, -0.15) is 4.98 Å². The Balaban J connectivity index is 1.76. The van der Waals surface area contributed by atoms with E-state index in [1.165, 1.54) is 5.56 Å². The van der Waals surface area contributed by atoms with Gasteiger partial charge >= 0.3 is 0 Å². The van der Waals surface area contributed by atoms with Crippen molar-refractivity contribution in [3.63, 3.8) is 0 Å². The number of ether oxygens (including phenoxy) is 1. The van der Waals surface area contributed by atoms with Gasteiger partial charge in [0.15, 0.2) is 5.58 Å². The van der Waals surface area contributed by atoms with E-state index in [4.69, 9.17) is 9.15 Å². The van der Waals surface area contributed by atoms with E-state index in [-0.39, 0.29) is 6.04 Å². The van der Waals surface area contributed by atoms with E-state index < -0.39 is 0 Å². The molecule has 0 aliphatic heterocycles. The van der Waals surface area contributed by atoms with Gasteiger partial charge in [0.25, 0.3) is 6.01 Å². The van der Waals surface area contributed by atoms with Crippen LogP contribution in [0.4, 0.5) is 6.01 Å². The van der Waals surface area contributed by atoms with Crippen molar-refractivity contribution in [2.24, 2.45) is 0 Å². The Morgan fingerprint density at radius 1 is 1.17 bits per heavy atom. The highest BCUT2D eigenvalue weighted by molar-refractivity contribution is 5.74. The number of benzene rings is 2. The van der Waals surface area contributed by atoms with Gasteiger partial charge in [-0.05, 0) is 43.9 Å². The van der Waals surface area contributed by atoms with Crippen LogP contribution in [0.3, 0.4) is 0 Å². The minimum atomic E-state index is 0.181. The summed E-state index contributed by atoms with van der Waals surface area (Å²) in [5.74, 6) is 0.858. The predicted molar refractivity (Wildman–Crippen MR) is 91.9 cm³/mol. The fourth-order valence-electron chi connectivity index (χ4n) is 2.58. The van der Waals surface area contributed by atoms with Gasteiger partial charge in [0, 0.05) is 6.54 Å². The second-order valence-electron chi connectivity index (χ2n) is 5.62. The molecule has 3 rings (SSSR count). The smallest absolute Gasteiger partial charge is 0.295 e. The molecule has 1 heterocycles. The number of methoxy groups -OCH3 is 1. The molecular formula is C18H21N3O2. The molecule has 0 spiro atoms. The van der Waals surface area contributed by atoms with Crippen LogP contribution < -0.4 is 10.1 Å². The Hall–Kier alpha value is -2.53. The number of aromatic nitrogens is 1. The van der Waals surface area contributed by atoms with E-state index >= 15 is 0 Å².